The molecule has 2 heterocycles. The van der Waals surface area contributed by atoms with Crippen molar-refractivity contribution in [2.24, 2.45) is 0 Å². The first-order valence-corrected chi connectivity index (χ1v) is 11.1. The van der Waals surface area contributed by atoms with E-state index >= 15 is 0 Å². The topological polar surface area (TPSA) is 96.7 Å². The molecular weight excluding hydrogens is 470 g/mol. The Hall–Kier alpha value is -2.98. The number of carboxylic acid groups (broad SMARTS) is 1. The zero-order valence-electron chi connectivity index (χ0n) is 18.9. The van der Waals surface area contributed by atoms with E-state index < -0.39 is 24.0 Å². The van der Waals surface area contributed by atoms with Gasteiger partial charge in [0.25, 0.3) is 5.91 Å². The third-order valence-corrected chi connectivity index (χ3v) is 6.13. The van der Waals surface area contributed by atoms with Crippen LogP contribution in [-0.4, -0.2) is 57.9 Å². The number of halogens is 3. The highest BCUT2D eigenvalue weighted by atomic mass is 35.5. The van der Waals surface area contributed by atoms with E-state index in [2.05, 4.69) is 21.7 Å². The minimum atomic E-state index is -3.09. The van der Waals surface area contributed by atoms with Crippen LogP contribution in [0.2, 0.25) is 5.02 Å². The molecule has 0 bridgehead atoms. The summed E-state index contributed by atoms with van der Waals surface area (Å²) in [4.78, 5) is 26.8. The van der Waals surface area contributed by atoms with Crippen LogP contribution in [0.1, 0.15) is 38.3 Å². The van der Waals surface area contributed by atoms with Crippen LogP contribution in [-0.2, 0) is 15.1 Å². The molecule has 1 aliphatic heterocycles. The number of hydrogen-bond acceptors (Lipinski definition) is 5. The molecule has 1 amide bonds. The number of carboxylic acids is 1. The first kappa shape index (κ1) is 25.6. The van der Waals surface area contributed by atoms with Crippen LogP contribution in [0.25, 0.3) is 0 Å². The van der Waals surface area contributed by atoms with Crippen molar-refractivity contribution in [1.29, 1.82) is 0 Å². The van der Waals surface area contributed by atoms with E-state index in [1.165, 1.54) is 18.2 Å². The lowest BCUT2D eigenvalue weighted by atomic mass is 9.85. The van der Waals surface area contributed by atoms with Crippen LogP contribution in [0.15, 0.2) is 42.6 Å². The number of anilines is 1. The van der Waals surface area contributed by atoms with E-state index in [9.17, 15) is 18.4 Å². The molecule has 1 aromatic carbocycles. The van der Waals surface area contributed by atoms with Crippen molar-refractivity contribution in [3.05, 3.63) is 53.3 Å². The van der Waals surface area contributed by atoms with Gasteiger partial charge in [0.15, 0.2) is 5.75 Å². The number of carbonyl (C=O) groups excluding carboxylic acids is 1. The van der Waals surface area contributed by atoms with E-state index in [1.807, 2.05) is 24.8 Å². The molecule has 1 aliphatic rings. The summed E-state index contributed by atoms with van der Waals surface area (Å²) < 4.78 is 32.1. The van der Waals surface area contributed by atoms with Crippen molar-refractivity contribution in [1.82, 2.24) is 14.7 Å². The molecule has 11 heteroatoms. The van der Waals surface area contributed by atoms with Gasteiger partial charge in [-0.05, 0) is 37.0 Å². The van der Waals surface area contributed by atoms with Gasteiger partial charge >= 0.3 is 12.6 Å². The van der Waals surface area contributed by atoms with Crippen LogP contribution in [0.4, 0.5) is 14.5 Å². The molecule has 2 N–H and O–H groups in total. The van der Waals surface area contributed by atoms with Crippen LogP contribution < -0.4 is 10.1 Å². The number of aromatic nitrogens is 2. The second kappa shape index (κ2) is 10.5. The van der Waals surface area contributed by atoms with Crippen molar-refractivity contribution in [3.63, 3.8) is 0 Å². The van der Waals surface area contributed by atoms with E-state index in [0.717, 1.165) is 5.69 Å². The summed E-state index contributed by atoms with van der Waals surface area (Å²) in [6.45, 7) is 5.46. The molecule has 0 atom stereocenters. The number of nitrogens with zero attached hydrogens (tertiary/aromatic N) is 3. The summed E-state index contributed by atoms with van der Waals surface area (Å²) in [5.41, 5.74) is -0.145. The van der Waals surface area contributed by atoms with Gasteiger partial charge in [0.05, 0.1) is 5.69 Å². The number of likely N-dealkylation sites (tertiary alicyclic amines) is 1. The lowest BCUT2D eigenvalue weighted by molar-refractivity contribution is -0.133. The largest absolute Gasteiger partial charge is 0.478 e. The molecule has 8 nitrogen and oxygen atoms in total. The van der Waals surface area contributed by atoms with Gasteiger partial charge in [0.2, 0.25) is 0 Å². The van der Waals surface area contributed by atoms with Gasteiger partial charge in [0.1, 0.15) is 5.54 Å². The Balaban J connectivity index is 1.93. The number of hydrogen-bond donors (Lipinski definition) is 2. The number of alkyl halides is 2. The maximum atomic E-state index is 13.7. The van der Waals surface area contributed by atoms with E-state index in [-0.39, 0.29) is 34.5 Å². The highest BCUT2D eigenvalue weighted by Gasteiger charge is 2.45. The molecule has 0 spiro atoms. The highest BCUT2D eigenvalue weighted by Crippen LogP contribution is 2.36. The van der Waals surface area contributed by atoms with Crippen molar-refractivity contribution >= 4 is 29.2 Å². The zero-order chi connectivity index (χ0) is 25.0. The van der Waals surface area contributed by atoms with E-state index in [0.29, 0.717) is 25.9 Å². The Morgan fingerprint density at radius 2 is 1.97 bits per heavy atom. The number of rotatable bonds is 9. The normalized spacial score (nSPS) is 16.0. The van der Waals surface area contributed by atoms with Gasteiger partial charge in [0, 0.05) is 48.2 Å². The zero-order valence-corrected chi connectivity index (χ0v) is 19.7. The van der Waals surface area contributed by atoms with Gasteiger partial charge in [-0.1, -0.05) is 32.0 Å². The summed E-state index contributed by atoms with van der Waals surface area (Å²) in [5.74, 6) is -1.68. The molecule has 1 fully saturated rings. The van der Waals surface area contributed by atoms with Crippen LogP contribution in [0, 0.1) is 0 Å². The average Bonchev–Trinajstić information content (AvgIpc) is 3.26. The quantitative estimate of drug-likeness (QED) is 0.501. The van der Waals surface area contributed by atoms with Gasteiger partial charge in [-0.25, -0.2) is 4.79 Å². The maximum absolute atomic E-state index is 13.7. The minimum Gasteiger partial charge on any atom is -0.478 e. The number of piperidine rings is 1. The molecule has 0 saturated carbocycles. The molecule has 1 aromatic heterocycles. The predicted molar refractivity (Wildman–Crippen MR) is 123 cm³/mol. The molecule has 34 heavy (non-hydrogen) atoms. The molecule has 2 aromatic rings. The summed E-state index contributed by atoms with van der Waals surface area (Å²) >= 11 is 5.92. The average molecular weight is 497 g/mol. The van der Waals surface area contributed by atoms with Gasteiger partial charge < -0.3 is 15.2 Å². The van der Waals surface area contributed by atoms with Crippen LogP contribution in [0.5, 0.6) is 5.75 Å². The van der Waals surface area contributed by atoms with E-state index in [4.69, 9.17) is 16.7 Å². The fraction of sp³-hybridized carbons (Fsp3) is 0.435. The molecule has 3 rings (SSSR count). The highest BCUT2D eigenvalue weighted by molar-refractivity contribution is 6.30. The number of carbonyl (C=O) groups is 2. The van der Waals surface area contributed by atoms with Gasteiger partial charge in [-0.3, -0.25) is 14.4 Å². The Kier molecular flexibility index (Phi) is 7.93. The van der Waals surface area contributed by atoms with Crippen molar-refractivity contribution in [2.45, 2.75) is 44.8 Å². The molecule has 1 saturated heterocycles. The lowest BCUT2D eigenvalue weighted by Crippen LogP contribution is -2.54. The SMILES string of the molecule is C=C(CN1CCC(C(=O)Nc2ccc(Cl)cc2OC(F)F)(n2nccc2C(C)C)CC1)C(=O)O. The summed E-state index contributed by atoms with van der Waals surface area (Å²) in [7, 11) is 0. The number of aliphatic carboxylic acids is 1. The summed E-state index contributed by atoms with van der Waals surface area (Å²) in [6, 6.07) is 5.93. The van der Waals surface area contributed by atoms with Crippen molar-refractivity contribution < 1.29 is 28.2 Å². The first-order chi connectivity index (χ1) is 16.0. The molecule has 184 valence electrons. The molecule has 0 aliphatic carbocycles. The Bertz CT molecular complexity index is 1060. The van der Waals surface area contributed by atoms with Gasteiger partial charge in [-0.15, -0.1) is 0 Å². The second-order valence-electron chi connectivity index (χ2n) is 8.51. The molecule has 0 radical (unpaired) electrons. The van der Waals surface area contributed by atoms with Crippen LogP contribution >= 0.6 is 11.6 Å². The molecular formula is C23H27ClF2N4O4. The number of nitrogens with one attached hydrogen (secondary N) is 1. The number of amides is 1. The van der Waals surface area contributed by atoms with E-state index in [1.54, 1.807) is 10.9 Å². The van der Waals surface area contributed by atoms with Crippen molar-refractivity contribution in [3.8, 4) is 5.75 Å². The molecule has 0 unspecified atom stereocenters. The Morgan fingerprint density at radius 1 is 1.29 bits per heavy atom. The standard InChI is InChI=1S/C23H27ClF2N4O4/c1-14(2)18-6-9-27-30(18)23(7-10-29(11-8-23)13-15(3)20(31)32)21(33)28-17-5-4-16(24)12-19(17)34-22(25)26/h4-6,9,12,14,22H,3,7-8,10-11,13H2,1-2H3,(H,28,33)(H,31,32). The first-order valence-electron chi connectivity index (χ1n) is 10.8. The third-order valence-electron chi connectivity index (χ3n) is 5.90. The summed E-state index contributed by atoms with van der Waals surface area (Å²) in [6.07, 6.45) is 2.27. The van der Waals surface area contributed by atoms with Gasteiger partial charge in [-0.2, -0.15) is 13.9 Å². The fourth-order valence-corrected chi connectivity index (χ4v) is 4.26. The second-order valence-corrected chi connectivity index (χ2v) is 8.95. The lowest BCUT2D eigenvalue weighted by Gasteiger charge is -2.42. The summed E-state index contributed by atoms with van der Waals surface area (Å²) in [5, 5.41) is 16.5. The minimum absolute atomic E-state index is 0.0638. The fourth-order valence-electron chi connectivity index (χ4n) is 4.09. The third kappa shape index (κ3) is 5.56. The van der Waals surface area contributed by atoms with Crippen LogP contribution in [0.3, 0.4) is 0 Å². The maximum Gasteiger partial charge on any atom is 0.387 e. The Labute approximate surface area is 201 Å². The van der Waals surface area contributed by atoms with Crippen molar-refractivity contribution in [2.75, 3.05) is 25.0 Å². The smallest absolute Gasteiger partial charge is 0.387 e. The monoisotopic (exact) mass is 496 g/mol. The Morgan fingerprint density at radius 3 is 2.56 bits per heavy atom. The number of benzene rings is 1. The predicted octanol–water partition coefficient (Wildman–Crippen LogP) is 4.33. The number of ether oxygens (including phenoxy) is 1.